The highest BCUT2D eigenvalue weighted by molar-refractivity contribution is 7.17. The number of hydrogen-bond acceptors (Lipinski definition) is 4. The van der Waals surface area contributed by atoms with Crippen LogP contribution in [0.15, 0.2) is 113 Å². The molecule has 5 heteroatoms. The summed E-state index contributed by atoms with van der Waals surface area (Å²) in [7, 11) is 0. The zero-order valence-corrected chi connectivity index (χ0v) is 39.0. The van der Waals surface area contributed by atoms with Crippen LogP contribution in [0.25, 0.3) is 32.2 Å². The molecule has 0 atom stereocenters. The number of hydrogen-bond donors (Lipinski definition) is 0. The Labute approximate surface area is 367 Å². The third kappa shape index (κ3) is 6.13. The highest BCUT2D eigenvalue weighted by Crippen LogP contribution is 2.50. The van der Waals surface area contributed by atoms with Crippen LogP contribution in [0.4, 0.5) is 34.3 Å². The number of fused-ring (bicyclic) bond motifs is 7. The van der Waals surface area contributed by atoms with Gasteiger partial charge in [-0.2, -0.15) is 0 Å². The SMILES string of the molecule is Cc1cc(-c2csc3ccccc23)cc(C)c1N1c2ccc(C(C)(C)C)cc2B2c3c1cccc3N(c1c(C)cc(C(C)(C)C)cc1C)c1oc3ccc(C(C)(C)C)cc3c12. The van der Waals surface area contributed by atoms with Gasteiger partial charge in [0.15, 0.2) is 0 Å². The average Bonchev–Trinajstić information content (AvgIpc) is 3.79. The minimum atomic E-state index is -0.0472. The molecule has 306 valence electrons. The van der Waals surface area contributed by atoms with Gasteiger partial charge in [-0.25, -0.2) is 0 Å². The molecular weight excluding hydrogens is 760 g/mol. The lowest BCUT2D eigenvalue weighted by Crippen LogP contribution is -2.61. The summed E-state index contributed by atoms with van der Waals surface area (Å²) in [5.41, 5.74) is 22.4. The van der Waals surface area contributed by atoms with Crippen molar-refractivity contribution >= 4 is 89.8 Å². The first-order valence-corrected chi connectivity index (χ1v) is 22.8. The van der Waals surface area contributed by atoms with E-state index in [1.54, 1.807) is 0 Å². The quantitative estimate of drug-likeness (QED) is 0.166. The molecule has 2 aliphatic rings. The Hall–Kier alpha value is -5.52. The molecule has 2 aliphatic heterocycles. The molecule has 0 fully saturated rings. The summed E-state index contributed by atoms with van der Waals surface area (Å²) in [6.07, 6.45) is 0. The molecule has 0 saturated carbocycles. The zero-order valence-electron chi connectivity index (χ0n) is 38.2. The highest BCUT2D eigenvalue weighted by Gasteiger charge is 2.47. The number of thiophene rings is 1. The maximum Gasteiger partial charge on any atom is 0.257 e. The molecule has 0 amide bonds. The van der Waals surface area contributed by atoms with Crippen molar-refractivity contribution in [2.45, 2.75) is 106 Å². The molecule has 4 heterocycles. The monoisotopic (exact) mass is 816 g/mol. The second-order valence-corrected chi connectivity index (χ2v) is 21.8. The van der Waals surface area contributed by atoms with E-state index in [-0.39, 0.29) is 23.0 Å². The van der Waals surface area contributed by atoms with Gasteiger partial charge < -0.3 is 9.32 Å². The molecule has 8 aromatic rings. The molecule has 3 nitrogen and oxygen atoms in total. The van der Waals surface area contributed by atoms with E-state index >= 15 is 0 Å². The molecule has 61 heavy (non-hydrogen) atoms. The van der Waals surface area contributed by atoms with E-state index in [1.165, 1.54) is 110 Å². The minimum absolute atomic E-state index is 0.0249. The Balaban J connectivity index is 1.29. The lowest BCUT2D eigenvalue weighted by Gasteiger charge is -2.44. The molecule has 6 aromatic carbocycles. The van der Waals surface area contributed by atoms with Crippen LogP contribution < -0.4 is 26.2 Å². The number of nitrogens with zero attached hydrogens (tertiary/aromatic N) is 2. The van der Waals surface area contributed by atoms with E-state index in [2.05, 4.69) is 208 Å². The number of aryl methyl sites for hydroxylation is 4. The van der Waals surface area contributed by atoms with Crippen LogP contribution in [0.3, 0.4) is 0 Å². The van der Waals surface area contributed by atoms with Gasteiger partial charge in [-0.15, -0.1) is 11.3 Å². The fourth-order valence-electron chi connectivity index (χ4n) is 10.3. The van der Waals surface area contributed by atoms with Crippen LogP contribution in [-0.2, 0) is 16.2 Å². The van der Waals surface area contributed by atoms with Crippen molar-refractivity contribution in [2.24, 2.45) is 0 Å². The summed E-state index contributed by atoms with van der Waals surface area (Å²) < 4.78 is 8.56. The summed E-state index contributed by atoms with van der Waals surface area (Å²) >= 11 is 1.83. The summed E-state index contributed by atoms with van der Waals surface area (Å²) in [6, 6.07) is 39.5. The van der Waals surface area contributed by atoms with Gasteiger partial charge in [0.05, 0.1) is 11.4 Å². The first-order valence-electron chi connectivity index (χ1n) is 22.0. The summed E-state index contributed by atoms with van der Waals surface area (Å²) in [6.45, 7) is 30.0. The van der Waals surface area contributed by atoms with Crippen LogP contribution in [0.1, 0.15) is 101 Å². The van der Waals surface area contributed by atoms with Crippen LogP contribution in [0, 0.1) is 27.7 Å². The van der Waals surface area contributed by atoms with Gasteiger partial charge in [-0.1, -0.05) is 117 Å². The van der Waals surface area contributed by atoms with Gasteiger partial charge in [0.2, 0.25) is 5.88 Å². The molecule has 0 saturated heterocycles. The van der Waals surface area contributed by atoms with Crippen molar-refractivity contribution < 1.29 is 4.42 Å². The van der Waals surface area contributed by atoms with Gasteiger partial charge in [0, 0.05) is 43.6 Å². The van der Waals surface area contributed by atoms with Gasteiger partial charge in [-0.05, 0) is 153 Å². The van der Waals surface area contributed by atoms with E-state index in [0.717, 1.165) is 11.5 Å². The van der Waals surface area contributed by atoms with E-state index < -0.39 is 0 Å². The zero-order chi connectivity index (χ0) is 43.1. The predicted molar refractivity (Wildman–Crippen MR) is 266 cm³/mol. The van der Waals surface area contributed by atoms with Gasteiger partial charge >= 0.3 is 0 Å². The third-order valence-electron chi connectivity index (χ3n) is 13.4. The van der Waals surface area contributed by atoms with E-state index in [1.807, 2.05) is 11.3 Å². The molecular formula is C56H57BN2OS. The van der Waals surface area contributed by atoms with Crippen molar-refractivity contribution in [3.63, 3.8) is 0 Å². The molecule has 0 spiro atoms. The number of rotatable bonds is 3. The van der Waals surface area contributed by atoms with Crippen molar-refractivity contribution in [1.82, 2.24) is 0 Å². The van der Waals surface area contributed by atoms with Gasteiger partial charge in [-0.3, -0.25) is 4.90 Å². The average molecular weight is 817 g/mol. The number of benzene rings is 6. The second kappa shape index (κ2) is 13.5. The molecule has 0 bridgehead atoms. The predicted octanol–water partition coefficient (Wildman–Crippen LogP) is 14.5. The normalized spacial score (nSPS) is 13.9. The Bertz CT molecular complexity index is 3060. The maximum atomic E-state index is 7.24. The van der Waals surface area contributed by atoms with E-state index in [4.69, 9.17) is 4.42 Å². The number of furan rings is 1. The minimum Gasteiger partial charge on any atom is -0.440 e. The maximum absolute atomic E-state index is 7.24. The first-order chi connectivity index (χ1) is 28.8. The Kier molecular flexibility index (Phi) is 8.76. The largest absolute Gasteiger partial charge is 0.440 e. The summed E-state index contributed by atoms with van der Waals surface area (Å²) in [4.78, 5) is 5.06. The standard InChI is InChI=1S/C56H57BN2OS/c1-32-25-36(42-31-61-48-20-15-14-17-40(42)48)26-33(2)51(32)58-44-23-21-38(55(8,9)10)30-43(44)57-49-41-29-37(54(5,6)7)22-24-47(41)60-53(49)59(46-19-16-18-45(58)50(46)57)52-34(3)27-39(28-35(52)4)56(11,12)13/h14-31H,1-13H3. The van der Waals surface area contributed by atoms with Crippen LogP contribution in [0.5, 0.6) is 0 Å². The van der Waals surface area contributed by atoms with E-state index in [9.17, 15) is 0 Å². The fraction of sp³-hybridized carbons (Fsp3) is 0.286. The second-order valence-electron chi connectivity index (χ2n) is 20.9. The van der Waals surface area contributed by atoms with Crippen molar-refractivity contribution in [3.8, 4) is 11.1 Å². The number of anilines is 6. The van der Waals surface area contributed by atoms with Crippen LogP contribution in [-0.4, -0.2) is 6.71 Å². The van der Waals surface area contributed by atoms with Gasteiger partial charge in [0.1, 0.15) is 5.58 Å². The van der Waals surface area contributed by atoms with Crippen LogP contribution >= 0.6 is 11.3 Å². The molecule has 2 aromatic heterocycles. The highest BCUT2D eigenvalue weighted by atomic mass is 32.1. The molecule has 0 unspecified atom stereocenters. The fourth-order valence-corrected chi connectivity index (χ4v) is 11.2. The van der Waals surface area contributed by atoms with Crippen molar-refractivity contribution in [1.29, 1.82) is 0 Å². The van der Waals surface area contributed by atoms with Crippen LogP contribution in [0.2, 0.25) is 0 Å². The third-order valence-corrected chi connectivity index (χ3v) is 14.4. The van der Waals surface area contributed by atoms with Crippen molar-refractivity contribution in [2.75, 3.05) is 9.80 Å². The van der Waals surface area contributed by atoms with Crippen molar-refractivity contribution in [3.05, 3.63) is 147 Å². The Morgan fingerprint density at radius 1 is 0.508 bits per heavy atom. The molecule has 0 N–H and O–H groups in total. The van der Waals surface area contributed by atoms with E-state index in [0.29, 0.717) is 0 Å². The smallest absolute Gasteiger partial charge is 0.257 e. The lowest BCUT2D eigenvalue weighted by atomic mass is 9.33. The Morgan fingerprint density at radius 3 is 1.74 bits per heavy atom. The Morgan fingerprint density at radius 2 is 1.08 bits per heavy atom. The van der Waals surface area contributed by atoms with Gasteiger partial charge in [0.25, 0.3) is 6.71 Å². The first kappa shape index (κ1) is 39.6. The molecule has 0 aliphatic carbocycles. The summed E-state index contributed by atoms with van der Waals surface area (Å²) in [5, 5.41) is 4.83. The summed E-state index contributed by atoms with van der Waals surface area (Å²) in [5.74, 6) is 0.922. The topological polar surface area (TPSA) is 19.6 Å². The molecule has 10 rings (SSSR count). The molecule has 0 radical (unpaired) electrons. The lowest BCUT2D eigenvalue weighted by molar-refractivity contribution is 0.588.